The standard InChI is InChI=1S/C13H15I3N2O7/c14-8-6(12(24)17-1-4(20)3-19)9(15)11(23)10(16)7(8)13(25)18-2-5(21)22/h4-5,19-23H,1-3H2,(H,17,24)(H,18,25). The zero-order valence-electron chi connectivity index (χ0n) is 12.5. The van der Waals surface area contributed by atoms with E-state index in [1.165, 1.54) is 0 Å². The molecular formula is C13H15I3N2O7. The molecule has 0 aromatic heterocycles. The van der Waals surface area contributed by atoms with Crippen molar-refractivity contribution in [2.75, 3.05) is 19.7 Å². The van der Waals surface area contributed by atoms with Gasteiger partial charge in [-0.3, -0.25) is 9.59 Å². The molecule has 0 aliphatic heterocycles. The number of halogens is 3. The summed E-state index contributed by atoms with van der Waals surface area (Å²) < 4.78 is 0.689. The van der Waals surface area contributed by atoms with E-state index >= 15 is 0 Å². The number of carbonyl (C=O) groups excluding carboxylic acids is 2. The van der Waals surface area contributed by atoms with E-state index in [1.807, 2.05) is 0 Å². The predicted octanol–water partition coefficient (Wildman–Crippen LogP) is -0.670. The zero-order valence-corrected chi connectivity index (χ0v) is 18.9. The molecule has 1 rings (SSSR count). The van der Waals surface area contributed by atoms with Crippen LogP contribution in [0, 0.1) is 10.7 Å². The molecule has 0 bridgehead atoms. The maximum atomic E-state index is 12.4. The van der Waals surface area contributed by atoms with E-state index in [1.54, 1.807) is 67.8 Å². The van der Waals surface area contributed by atoms with Crippen molar-refractivity contribution in [2.24, 2.45) is 0 Å². The maximum absolute atomic E-state index is 12.4. The van der Waals surface area contributed by atoms with Crippen molar-refractivity contribution in [1.82, 2.24) is 10.6 Å². The topological polar surface area (TPSA) is 159 Å². The van der Waals surface area contributed by atoms with Gasteiger partial charge in [-0.05, 0) is 67.8 Å². The average molecular weight is 692 g/mol. The number of nitrogens with one attached hydrogen (secondary N) is 2. The van der Waals surface area contributed by atoms with Crippen LogP contribution >= 0.6 is 67.8 Å². The van der Waals surface area contributed by atoms with Crippen LogP contribution < -0.4 is 10.6 Å². The summed E-state index contributed by atoms with van der Waals surface area (Å²) in [4.78, 5) is 24.7. The van der Waals surface area contributed by atoms with Gasteiger partial charge < -0.3 is 36.2 Å². The molecule has 2 amide bonds. The van der Waals surface area contributed by atoms with Gasteiger partial charge in [-0.25, -0.2) is 0 Å². The molecule has 7 N–H and O–H groups in total. The third-order valence-electron chi connectivity index (χ3n) is 2.90. The highest BCUT2D eigenvalue weighted by atomic mass is 127. The fraction of sp³-hybridized carbons (Fsp3) is 0.385. The largest absolute Gasteiger partial charge is 0.506 e. The first-order valence-corrected chi connectivity index (χ1v) is 9.96. The second kappa shape index (κ2) is 10.4. The van der Waals surface area contributed by atoms with Crippen molar-refractivity contribution >= 4 is 79.6 Å². The van der Waals surface area contributed by atoms with E-state index < -0.39 is 37.4 Å². The molecule has 1 aromatic rings. The van der Waals surface area contributed by atoms with Crippen LogP contribution in [-0.2, 0) is 0 Å². The molecule has 0 aliphatic rings. The average Bonchev–Trinajstić information content (AvgIpc) is 2.55. The van der Waals surface area contributed by atoms with Gasteiger partial charge in [0, 0.05) is 10.1 Å². The van der Waals surface area contributed by atoms with Crippen molar-refractivity contribution in [3.63, 3.8) is 0 Å². The molecule has 0 saturated heterocycles. The van der Waals surface area contributed by atoms with Crippen molar-refractivity contribution in [3.8, 4) is 5.75 Å². The molecule has 1 unspecified atom stereocenters. The quantitative estimate of drug-likeness (QED) is 0.148. The highest BCUT2D eigenvalue weighted by molar-refractivity contribution is 14.1. The molecule has 25 heavy (non-hydrogen) atoms. The third-order valence-corrected chi connectivity index (χ3v) is 6.08. The zero-order chi connectivity index (χ0) is 19.3. The molecule has 0 saturated carbocycles. The lowest BCUT2D eigenvalue weighted by Crippen LogP contribution is -2.36. The summed E-state index contributed by atoms with van der Waals surface area (Å²) in [5, 5.41) is 50.7. The van der Waals surface area contributed by atoms with E-state index in [0.29, 0.717) is 0 Å². The van der Waals surface area contributed by atoms with Gasteiger partial charge in [0.15, 0.2) is 6.29 Å². The van der Waals surface area contributed by atoms with Gasteiger partial charge in [0.2, 0.25) is 0 Å². The van der Waals surface area contributed by atoms with Crippen LogP contribution in [0.5, 0.6) is 5.75 Å². The Balaban J connectivity index is 3.26. The predicted molar refractivity (Wildman–Crippen MR) is 112 cm³/mol. The van der Waals surface area contributed by atoms with Crippen molar-refractivity contribution < 1.29 is 35.1 Å². The third kappa shape index (κ3) is 5.99. The normalized spacial score (nSPS) is 12.2. The van der Waals surface area contributed by atoms with Gasteiger partial charge in [0.25, 0.3) is 11.8 Å². The highest BCUT2D eigenvalue weighted by Gasteiger charge is 2.28. The fourth-order valence-electron chi connectivity index (χ4n) is 1.69. The molecule has 0 fully saturated rings. The number of phenols is 1. The van der Waals surface area contributed by atoms with Crippen LogP contribution in [0.15, 0.2) is 0 Å². The van der Waals surface area contributed by atoms with Crippen LogP contribution in [0.25, 0.3) is 0 Å². The number of aromatic hydroxyl groups is 1. The lowest BCUT2D eigenvalue weighted by molar-refractivity contribution is -0.0361. The number of aliphatic hydroxyl groups is 4. The monoisotopic (exact) mass is 692 g/mol. The molecule has 0 heterocycles. The first kappa shape index (κ1) is 23.0. The van der Waals surface area contributed by atoms with E-state index in [0.717, 1.165) is 0 Å². The lowest BCUT2D eigenvalue weighted by Gasteiger charge is -2.17. The number of hydrogen-bond donors (Lipinski definition) is 7. The second-order valence-corrected chi connectivity index (χ2v) is 8.01. The minimum absolute atomic E-state index is 0.0209. The minimum Gasteiger partial charge on any atom is -0.506 e. The smallest absolute Gasteiger partial charge is 0.253 e. The van der Waals surface area contributed by atoms with Gasteiger partial charge >= 0.3 is 0 Å². The van der Waals surface area contributed by atoms with Gasteiger partial charge in [-0.15, -0.1) is 0 Å². The van der Waals surface area contributed by atoms with Crippen LogP contribution in [0.3, 0.4) is 0 Å². The van der Waals surface area contributed by atoms with E-state index in [9.17, 15) is 19.8 Å². The number of amides is 2. The van der Waals surface area contributed by atoms with Crippen molar-refractivity contribution in [1.29, 1.82) is 0 Å². The molecule has 1 aromatic carbocycles. The summed E-state index contributed by atoms with van der Waals surface area (Å²) in [5.74, 6) is -1.58. The Morgan fingerprint density at radius 1 is 0.880 bits per heavy atom. The molecule has 140 valence electrons. The Morgan fingerprint density at radius 2 is 1.32 bits per heavy atom. The molecule has 12 heteroatoms. The van der Waals surface area contributed by atoms with Crippen molar-refractivity contribution in [3.05, 3.63) is 21.8 Å². The summed E-state index contributed by atoms with van der Waals surface area (Å²) in [5.41, 5.74) is 0.0616. The Labute approximate surface area is 183 Å². The Bertz CT molecular complexity index is 670. The fourth-order valence-corrected chi connectivity index (χ4v) is 5.83. The van der Waals surface area contributed by atoms with Gasteiger partial charge in [-0.2, -0.15) is 0 Å². The first-order valence-electron chi connectivity index (χ1n) is 6.72. The van der Waals surface area contributed by atoms with E-state index in [4.69, 9.17) is 15.3 Å². The summed E-state index contributed by atoms with van der Waals surface area (Å²) >= 11 is 5.31. The molecule has 0 aliphatic carbocycles. The molecule has 0 radical (unpaired) electrons. The lowest BCUT2D eigenvalue weighted by atomic mass is 10.1. The summed E-state index contributed by atoms with van der Waals surface area (Å²) in [6, 6.07) is 0. The maximum Gasteiger partial charge on any atom is 0.253 e. The molecule has 0 spiro atoms. The number of hydrogen-bond acceptors (Lipinski definition) is 7. The Hall–Kier alpha value is -0.0100. The Morgan fingerprint density at radius 3 is 1.72 bits per heavy atom. The van der Waals surface area contributed by atoms with Crippen LogP contribution in [0.4, 0.5) is 0 Å². The molecular weight excluding hydrogens is 677 g/mol. The number of carbonyl (C=O) groups is 2. The highest BCUT2D eigenvalue weighted by Crippen LogP contribution is 2.36. The van der Waals surface area contributed by atoms with Crippen molar-refractivity contribution in [2.45, 2.75) is 12.4 Å². The second-order valence-electron chi connectivity index (χ2n) is 4.78. The Kier molecular flexibility index (Phi) is 9.54. The molecule has 1 atom stereocenters. The van der Waals surface area contributed by atoms with Crippen LogP contribution in [0.2, 0.25) is 0 Å². The first-order chi connectivity index (χ1) is 11.6. The molecule has 9 nitrogen and oxygen atoms in total. The number of aliphatic hydroxyl groups excluding tert-OH is 3. The summed E-state index contributed by atoms with van der Waals surface area (Å²) in [6.45, 7) is -1.14. The van der Waals surface area contributed by atoms with E-state index in [-0.39, 0.29) is 34.1 Å². The summed E-state index contributed by atoms with van der Waals surface area (Å²) in [6.07, 6.45) is -2.87. The summed E-state index contributed by atoms with van der Waals surface area (Å²) in [7, 11) is 0. The van der Waals surface area contributed by atoms with Crippen LogP contribution in [-0.4, -0.2) is 69.4 Å². The minimum atomic E-state index is -1.74. The van der Waals surface area contributed by atoms with Gasteiger partial charge in [-0.1, -0.05) is 0 Å². The number of benzene rings is 1. The van der Waals surface area contributed by atoms with Gasteiger partial charge in [0.1, 0.15) is 5.75 Å². The SMILES string of the molecule is O=C(NCC(O)O)c1c(I)c(O)c(I)c(C(=O)NCC(O)CO)c1I. The number of rotatable bonds is 7. The van der Waals surface area contributed by atoms with Crippen LogP contribution in [0.1, 0.15) is 20.7 Å². The van der Waals surface area contributed by atoms with Gasteiger partial charge in [0.05, 0.1) is 37.5 Å². The number of phenolic OH excluding ortho intramolecular Hbond substituents is 1. The van der Waals surface area contributed by atoms with E-state index in [2.05, 4.69) is 10.6 Å².